The van der Waals surface area contributed by atoms with E-state index in [-0.39, 0.29) is 10.8 Å². The SMILES string of the molecule is CCN(Cc1ccccc1)S(=O)(=O)c1cccc(C(=O)NCCC(C)C)c1. The Morgan fingerprint density at radius 3 is 2.41 bits per heavy atom. The molecular formula is C21H28N2O3S. The molecule has 2 aromatic carbocycles. The normalized spacial score (nSPS) is 11.7. The molecule has 0 radical (unpaired) electrons. The summed E-state index contributed by atoms with van der Waals surface area (Å²) in [6.07, 6.45) is 0.879. The van der Waals surface area contributed by atoms with Crippen molar-refractivity contribution >= 4 is 15.9 Å². The van der Waals surface area contributed by atoms with Crippen LogP contribution in [0.25, 0.3) is 0 Å². The molecule has 0 atom stereocenters. The average Bonchev–Trinajstić information content (AvgIpc) is 2.66. The summed E-state index contributed by atoms with van der Waals surface area (Å²) < 4.78 is 27.5. The van der Waals surface area contributed by atoms with Gasteiger partial charge in [0.2, 0.25) is 10.0 Å². The van der Waals surface area contributed by atoms with E-state index in [4.69, 9.17) is 0 Å². The number of rotatable bonds is 9. The fourth-order valence-corrected chi connectivity index (χ4v) is 4.16. The second-order valence-electron chi connectivity index (χ2n) is 6.88. The highest BCUT2D eigenvalue weighted by molar-refractivity contribution is 7.89. The summed E-state index contributed by atoms with van der Waals surface area (Å²) in [5.41, 5.74) is 1.28. The molecule has 0 aromatic heterocycles. The summed E-state index contributed by atoms with van der Waals surface area (Å²) >= 11 is 0. The van der Waals surface area contributed by atoms with Gasteiger partial charge in [-0.15, -0.1) is 0 Å². The predicted octanol–water partition coefficient (Wildman–Crippen LogP) is 3.67. The molecule has 0 spiro atoms. The van der Waals surface area contributed by atoms with Gasteiger partial charge in [0, 0.05) is 25.2 Å². The molecule has 6 heteroatoms. The second kappa shape index (κ2) is 9.67. The molecule has 0 aliphatic heterocycles. The van der Waals surface area contributed by atoms with E-state index in [0.717, 1.165) is 12.0 Å². The third-order valence-electron chi connectivity index (χ3n) is 4.30. The Morgan fingerprint density at radius 1 is 1.07 bits per heavy atom. The minimum Gasteiger partial charge on any atom is -0.352 e. The van der Waals surface area contributed by atoms with E-state index in [1.54, 1.807) is 12.1 Å². The number of sulfonamides is 1. The molecule has 1 N–H and O–H groups in total. The van der Waals surface area contributed by atoms with E-state index < -0.39 is 10.0 Å². The number of carbonyl (C=O) groups excluding carboxylic acids is 1. The van der Waals surface area contributed by atoms with Crippen molar-refractivity contribution in [3.8, 4) is 0 Å². The van der Waals surface area contributed by atoms with Gasteiger partial charge in [0.05, 0.1) is 4.90 Å². The smallest absolute Gasteiger partial charge is 0.251 e. The van der Waals surface area contributed by atoms with Crippen molar-refractivity contribution in [3.63, 3.8) is 0 Å². The number of hydrogen-bond acceptors (Lipinski definition) is 3. The van der Waals surface area contributed by atoms with Crippen molar-refractivity contribution in [2.75, 3.05) is 13.1 Å². The van der Waals surface area contributed by atoms with Crippen LogP contribution in [0.1, 0.15) is 43.1 Å². The van der Waals surface area contributed by atoms with E-state index in [9.17, 15) is 13.2 Å². The molecule has 0 aliphatic carbocycles. The van der Waals surface area contributed by atoms with E-state index >= 15 is 0 Å². The number of amides is 1. The first-order chi connectivity index (χ1) is 12.8. The molecule has 0 heterocycles. The van der Waals surface area contributed by atoms with Gasteiger partial charge in [-0.1, -0.05) is 57.2 Å². The first-order valence-corrected chi connectivity index (χ1v) is 10.7. The summed E-state index contributed by atoms with van der Waals surface area (Å²) in [4.78, 5) is 12.5. The first-order valence-electron chi connectivity index (χ1n) is 9.27. The number of hydrogen-bond donors (Lipinski definition) is 1. The lowest BCUT2D eigenvalue weighted by molar-refractivity contribution is 0.0952. The highest BCUT2D eigenvalue weighted by Crippen LogP contribution is 2.19. The molecule has 146 valence electrons. The summed E-state index contributed by atoms with van der Waals surface area (Å²) in [7, 11) is -3.69. The van der Waals surface area contributed by atoms with Gasteiger partial charge in [0.15, 0.2) is 0 Å². The Morgan fingerprint density at radius 2 is 1.78 bits per heavy atom. The lowest BCUT2D eigenvalue weighted by Crippen LogP contribution is -2.31. The van der Waals surface area contributed by atoms with Gasteiger partial charge in [0.25, 0.3) is 5.91 Å². The van der Waals surface area contributed by atoms with Gasteiger partial charge in [-0.2, -0.15) is 4.31 Å². The fourth-order valence-electron chi connectivity index (χ4n) is 2.68. The molecule has 27 heavy (non-hydrogen) atoms. The number of nitrogens with zero attached hydrogens (tertiary/aromatic N) is 1. The zero-order chi connectivity index (χ0) is 19.9. The van der Waals surface area contributed by atoms with Crippen molar-refractivity contribution in [1.29, 1.82) is 0 Å². The molecule has 0 bridgehead atoms. The lowest BCUT2D eigenvalue weighted by Gasteiger charge is -2.21. The van der Waals surface area contributed by atoms with Crippen molar-refractivity contribution in [3.05, 3.63) is 65.7 Å². The van der Waals surface area contributed by atoms with Crippen molar-refractivity contribution in [2.24, 2.45) is 5.92 Å². The minimum absolute atomic E-state index is 0.136. The molecule has 1 amide bonds. The van der Waals surface area contributed by atoms with Crippen LogP contribution < -0.4 is 5.32 Å². The Kier molecular flexibility index (Phi) is 7.56. The zero-order valence-corrected chi connectivity index (χ0v) is 17.0. The van der Waals surface area contributed by atoms with Crippen LogP contribution in [0, 0.1) is 5.92 Å². The second-order valence-corrected chi connectivity index (χ2v) is 8.82. The molecule has 0 unspecified atom stereocenters. The van der Waals surface area contributed by atoms with E-state index in [0.29, 0.717) is 31.1 Å². The van der Waals surface area contributed by atoms with Gasteiger partial charge in [-0.25, -0.2) is 8.42 Å². The molecule has 5 nitrogen and oxygen atoms in total. The van der Waals surface area contributed by atoms with Crippen LogP contribution in [0.5, 0.6) is 0 Å². The van der Waals surface area contributed by atoms with Crippen LogP contribution in [0.3, 0.4) is 0 Å². The molecule has 0 fully saturated rings. The Bertz CT molecular complexity index is 849. The summed E-state index contributed by atoms with van der Waals surface area (Å²) in [5.74, 6) is 0.243. The van der Waals surface area contributed by atoms with Crippen LogP contribution in [-0.4, -0.2) is 31.7 Å². The van der Waals surface area contributed by atoms with Gasteiger partial charge < -0.3 is 5.32 Å². The van der Waals surface area contributed by atoms with E-state index in [2.05, 4.69) is 19.2 Å². The van der Waals surface area contributed by atoms with Crippen LogP contribution >= 0.6 is 0 Å². The maximum Gasteiger partial charge on any atom is 0.251 e. The Labute approximate surface area is 162 Å². The largest absolute Gasteiger partial charge is 0.352 e. The predicted molar refractivity (Wildman–Crippen MR) is 108 cm³/mol. The van der Waals surface area contributed by atoms with Gasteiger partial charge >= 0.3 is 0 Å². The van der Waals surface area contributed by atoms with Crippen LogP contribution in [0.4, 0.5) is 0 Å². The van der Waals surface area contributed by atoms with Crippen molar-refractivity contribution in [2.45, 2.75) is 38.6 Å². The standard InChI is InChI=1S/C21H28N2O3S/c1-4-23(16-18-9-6-5-7-10-18)27(25,26)20-12-8-11-19(15-20)21(24)22-14-13-17(2)3/h5-12,15,17H,4,13-14,16H2,1-3H3,(H,22,24). The highest BCUT2D eigenvalue weighted by Gasteiger charge is 2.24. The molecule has 2 rings (SSSR count). The zero-order valence-electron chi connectivity index (χ0n) is 16.2. The molecule has 2 aromatic rings. The molecule has 0 aliphatic rings. The Hall–Kier alpha value is -2.18. The van der Waals surface area contributed by atoms with E-state index in [1.165, 1.54) is 16.4 Å². The van der Waals surface area contributed by atoms with Crippen LogP contribution in [0.2, 0.25) is 0 Å². The van der Waals surface area contributed by atoms with Crippen LogP contribution in [-0.2, 0) is 16.6 Å². The highest BCUT2D eigenvalue weighted by atomic mass is 32.2. The lowest BCUT2D eigenvalue weighted by atomic mass is 10.1. The average molecular weight is 389 g/mol. The minimum atomic E-state index is -3.69. The molecule has 0 saturated heterocycles. The number of carbonyl (C=O) groups is 1. The maximum absolute atomic E-state index is 13.0. The fraction of sp³-hybridized carbons (Fsp3) is 0.381. The van der Waals surface area contributed by atoms with Gasteiger partial charge in [0.1, 0.15) is 0 Å². The van der Waals surface area contributed by atoms with Crippen molar-refractivity contribution in [1.82, 2.24) is 9.62 Å². The third-order valence-corrected chi connectivity index (χ3v) is 6.21. The Balaban J connectivity index is 2.18. The van der Waals surface area contributed by atoms with Gasteiger partial charge in [-0.05, 0) is 36.1 Å². The van der Waals surface area contributed by atoms with Crippen LogP contribution in [0.15, 0.2) is 59.5 Å². The number of nitrogens with one attached hydrogen (secondary N) is 1. The molecule has 0 saturated carbocycles. The van der Waals surface area contributed by atoms with Gasteiger partial charge in [-0.3, -0.25) is 4.79 Å². The monoisotopic (exact) mass is 388 g/mol. The maximum atomic E-state index is 13.0. The summed E-state index contributed by atoms with van der Waals surface area (Å²) in [6.45, 7) is 7.20. The molecular weight excluding hydrogens is 360 g/mol. The third kappa shape index (κ3) is 5.91. The summed E-state index contributed by atoms with van der Waals surface area (Å²) in [6, 6.07) is 15.7. The first kappa shape index (κ1) is 21.1. The topological polar surface area (TPSA) is 66.5 Å². The van der Waals surface area contributed by atoms with E-state index in [1.807, 2.05) is 37.3 Å². The summed E-state index contributed by atoms with van der Waals surface area (Å²) in [5, 5.41) is 2.84. The van der Waals surface area contributed by atoms with Crippen molar-refractivity contribution < 1.29 is 13.2 Å². The number of benzene rings is 2. The quantitative estimate of drug-likeness (QED) is 0.713.